The van der Waals surface area contributed by atoms with Crippen LogP contribution in [0, 0.1) is 0 Å². The molecule has 18 heavy (non-hydrogen) atoms. The molecule has 1 aromatic carbocycles. The van der Waals surface area contributed by atoms with Crippen LogP contribution < -0.4 is 0 Å². The highest BCUT2D eigenvalue weighted by atomic mass is 35.5. The maximum atomic E-state index is 11.3. The van der Waals surface area contributed by atoms with Gasteiger partial charge < -0.3 is 4.74 Å². The average Bonchev–Trinajstić information content (AvgIpc) is 2.86. The fraction of sp³-hybridized carbons (Fsp3) is 0.333. The van der Waals surface area contributed by atoms with Gasteiger partial charge in [0.25, 0.3) is 0 Å². The molecule has 0 fully saturated rings. The standard InChI is InChI=1S/C12H12ClNO2S2/c1-16-11(15)10-7-18-12(14-10)17-6-8-2-4-9(13)5-3-8/h2-5,10H,6-7H2,1H3. The summed E-state index contributed by atoms with van der Waals surface area (Å²) in [7, 11) is 1.39. The Bertz CT molecular complexity index is 462. The van der Waals surface area contributed by atoms with Crippen molar-refractivity contribution in [2.45, 2.75) is 11.8 Å². The number of methoxy groups -OCH3 is 1. The topological polar surface area (TPSA) is 38.7 Å². The molecule has 0 spiro atoms. The quantitative estimate of drug-likeness (QED) is 0.804. The molecule has 3 nitrogen and oxygen atoms in total. The van der Waals surface area contributed by atoms with E-state index in [2.05, 4.69) is 9.73 Å². The summed E-state index contributed by atoms with van der Waals surface area (Å²) in [5.41, 5.74) is 1.19. The molecule has 0 saturated heterocycles. The second-order valence-corrected chi connectivity index (χ2v) is 6.33. The van der Waals surface area contributed by atoms with E-state index < -0.39 is 0 Å². The van der Waals surface area contributed by atoms with Crippen molar-refractivity contribution in [1.82, 2.24) is 0 Å². The van der Waals surface area contributed by atoms with Gasteiger partial charge in [-0.25, -0.2) is 4.79 Å². The Balaban J connectivity index is 1.88. The molecule has 0 bridgehead atoms. The number of ether oxygens (including phenoxy) is 1. The molecule has 0 amide bonds. The lowest BCUT2D eigenvalue weighted by Gasteiger charge is -2.01. The van der Waals surface area contributed by atoms with Crippen LogP contribution in [-0.2, 0) is 15.3 Å². The summed E-state index contributed by atoms with van der Waals surface area (Å²) in [4.78, 5) is 15.6. The first-order valence-electron chi connectivity index (χ1n) is 5.34. The number of esters is 1. The van der Waals surface area contributed by atoms with Gasteiger partial charge in [-0.3, -0.25) is 4.99 Å². The third-order valence-electron chi connectivity index (χ3n) is 2.37. The van der Waals surface area contributed by atoms with Gasteiger partial charge in [0.2, 0.25) is 0 Å². The summed E-state index contributed by atoms with van der Waals surface area (Å²) >= 11 is 9.06. The summed E-state index contributed by atoms with van der Waals surface area (Å²) in [6.45, 7) is 0. The highest BCUT2D eigenvalue weighted by molar-refractivity contribution is 8.38. The SMILES string of the molecule is COC(=O)C1CSC(SCc2ccc(Cl)cc2)=N1. The Hall–Kier alpha value is -0.650. The minimum absolute atomic E-state index is 0.260. The number of carbonyl (C=O) groups is 1. The molecule has 0 aliphatic carbocycles. The van der Waals surface area contributed by atoms with Gasteiger partial charge in [0.15, 0.2) is 6.04 Å². The van der Waals surface area contributed by atoms with Crippen LogP contribution >= 0.6 is 35.1 Å². The third kappa shape index (κ3) is 3.67. The van der Waals surface area contributed by atoms with E-state index in [0.29, 0.717) is 5.75 Å². The molecular formula is C12H12ClNO2S2. The Morgan fingerprint density at radius 3 is 2.94 bits per heavy atom. The maximum Gasteiger partial charge on any atom is 0.331 e. The first kappa shape index (κ1) is 13.8. The first-order chi connectivity index (χ1) is 8.69. The summed E-state index contributed by atoms with van der Waals surface area (Å²) in [6.07, 6.45) is 0. The van der Waals surface area contributed by atoms with E-state index in [0.717, 1.165) is 15.2 Å². The van der Waals surface area contributed by atoms with E-state index in [1.54, 1.807) is 23.5 Å². The molecule has 1 aliphatic rings. The zero-order valence-electron chi connectivity index (χ0n) is 9.76. The van der Waals surface area contributed by atoms with Crippen molar-refractivity contribution in [3.05, 3.63) is 34.9 Å². The van der Waals surface area contributed by atoms with E-state index in [9.17, 15) is 4.79 Å². The summed E-state index contributed by atoms with van der Waals surface area (Å²) in [6, 6.07) is 7.39. The van der Waals surface area contributed by atoms with Gasteiger partial charge in [-0.15, -0.1) is 0 Å². The van der Waals surface area contributed by atoms with E-state index in [-0.39, 0.29) is 12.0 Å². The van der Waals surface area contributed by atoms with Crippen LogP contribution in [0.1, 0.15) is 5.56 Å². The largest absolute Gasteiger partial charge is 0.467 e. The molecule has 6 heteroatoms. The van der Waals surface area contributed by atoms with Crippen LogP contribution in [0.3, 0.4) is 0 Å². The van der Waals surface area contributed by atoms with Crippen molar-refractivity contribution in [2.75, 3.05) is 12.9 Å². The number of rotatable bonds is 3. The van der Waals surface area contributed by atoms with Crippen molar-refractivity contribution < 1.29 is 9.53 Å². The molecule has 1 unspecified atom stereocenters. The molecule has 1 aliphatic heterocycles. The Kier molecular flexibility index (Phi) is 4.97. The smallest absolute Gasteiger partial charge is 0.331 e. The molecule has 2 rings (SSSR count). The normalized spacial score (nSPS) is 18.6. The van der Waals surface area contributed by atoms with Gasteiger partial charge in [0.05, 0.1) is 7.11 Å². The monoisotopic (exact) mass is 301 g/mol. The van der Waals surface area contributed by atoms with Crippen LogP contribution in [0.5, 0.6) is 0 Å². The lowest BCUT2D eigenvalue weighted by atomic mass is 10.2. The second kappa shape index (κ2) is 6.50. The van der Waals surface area contributed by atoms with Crippen molar-refractivity contribution in [1.29, 1.82) is 0 Å². The predicted octanol–water partition coefficient (Wildman–Crippen LogP) is 3.22. The third-order valence-corrected chi connectivity index (χ3v) is 5.00. The van der Waals surface area contributed by atoms with Crippen LogP contribution in [0.25, 0.3) is 0 Å². The van der Waals surface area contributed by atoms with E-state index in [1.807, 2.05) is 24.3 Å². The number of thioether (sulfide) groups is 2. The molecule has 1 atom stereocenters. The number of nitrogens with zero attached hydrogens (tertiary/aromatic N) is 1. The fourth-order valence-electron chi connectivity index (χ4n) is 1.41. The van der Waals surface area contributed by atoms with E-state index in [4.69, 9.17) is 11.6 Å². The Morgan fingerprint density at radius 2 is 2.28 bits per heavy atom. The molecule has 0 radical (unpaired) electrons. The highest BCUT2D eigenvalue weighted by Crippen LogP contribution is 2.29. The average molecular weight is 302 g/mol. The summed E-state index contributed by atoms with van der Waals surface area (Å²) in [5, 5.41) is 0.738. The number of aliphatic imine (C=N–C) groups is 1. The highest BCUT2D eigenvalue weighted by Gasteiger charge is 2.25. The Labute approximate surface area is 119 Å². The van der Waals surface area contributed by atoms with Crippen molar-refractivity contribution in [3.63, 3.8) is 0 Å². The molecule has 1 aromatic rings. The number of hydrogen-bond acceptors (Lipinski definition) is 5. The molecule has 0 saturated carbocycles. The van der Waals surface area contributed by atoms with Gasteiger partial charge in [0.1, 0.15) is 4.38 Å². The van der Waals surface area contributed by atoms with Crippen LogP contribution in [0.2, 0.25) is 5.02 Å². The van der Waals surface area contributed by atoms with Gasteiger partial charge >= 0.3 is 5.97 Å². The molecule has 0 aromatic heterocycles. The fourth-order valence-corrected chi connectivity index (χ4v) is 3.65. The summed E-state index contributed by atoms with van der Waals surface area (Å²) in [5.74, 6) is 1.25. The van der Waals surface area contributed by atoms with Gasteiger partial charge in [-0.1, -0.05) is 47.3 Å². The minimum Gasteiger partial charge on any atom is -0.467 e. The minimum atomic E-state index is -0.340. The second-order valence-electron chi connectivity index (χ2n) is 3.66. The zero-order valence-corrected chi connectivity index (χ0v) is 12.1. The number of benzene rings is 1. The van der Waals surface area contributed by atoms with Crippen LogP contribution in [0.15, 0.2) is 29.3 Å². The van der Waals surface area contributed by atoms with Gasteiger partial charge in [0, 0.05) is 16.5 Å². The van der Waals surface area contributed by atoms with Crippen molar-refractivity contribution in [2.24, 2.45) is 4.99 Å². The van der Waals surface area contributed by atoms with Crippen molar-refractivity contribution in [3.8, 4) is 0 Å². The molecule has 0 N–H and O–H groups in total. The molecule has 96 valence electrons. The van der Waals surface area contributed by atoms with Gasteiger partial charge in [-0.2, -0.15) is 0 Å². The molecular weight excluding hydrogens is 290 g/mol. The zero-order chi connectivity index (χ0) is 13.0. The molecule has 1 heterocycles. The summed E-state index contributed by atoms with van der Waals surface area (Å²) < 4.78 is 5.62. The van der Waals surface area contributed by atoms with E-state index >= 15 is 0 Å². The van der Waals surface area contributed by atoms with Gasteiger partial charge in [-0.05, 0) is 17.7 Å². The lowest BCUT2D eigenvalue weighted by molar-refractivity contribution is -0.141. The van der Waals surface area contributed by atoms with Crippen LogP contribution in [0.4, 0.5) is 0 Å². The van der Waals surface area contributed by atoms with E-state index in [1.165, 1.54) is 12.7 Å². The maximum absolute atomic E-state index is 11.3. The number of hydrogen-bond donors (Lipinski definition) is 0. The predicted molar refractivity (Wildman–Crippen MR) is 78.4 cm³/mol. The van der Waals surface area contributed by atoms with Crippen LogP contribution in [-0.4, -0.2) is 29.2 Å². The lowest BCUT2D eigenvalue weighted by Crippen LogP contribution is -2.19. The van der Waals surface area contributed by atoms with Crippen molar-refractivity contribution >= 4 is 45.5 Å². The Morgan fingerprint density at radius 1 is 1.56 bits per heavy atom. The first-order valence-corrected chi connectivity index (χ1v) is 7.69. The number of carbonyl (C=O) groups excluding carboxylic acids is 1. The number of halogens is 1.